The highest BCUT2D eigenvalue weighted by Crippen LogP contribution is 2.33. The van der Waals surface area contributed by atoms with Gasteiger partial charge in [-0.3, -0.25) is 0 Å². The summed E-state index contributed by atoms with van der Waals surface area (Å²) in [5.74, 6) is 0.485. The summed E-state index contributed by atoms with van der Waals surface area (Å²) in [5, 5.41) is 13.3. The quantitative estimate of drug-likeness (QED) is 0.870. The maximum absolute atomic E-state index is 9.13. The topological polar surface area (TPSA) is 41.5 Å². The van der Waals surface area contributed by atoms with E-state index < -0.39 is 0 Å². The summed E-state index contributed by atoms with van der Waals surface area (Å²) >= 11 is 12.1. The van der Waals surface area contributed by atoms with Crippen LogP contribution in [0.25, 0.3) is 0 Å². The molecule has 0 unspecified atom stereocenters. The molecule has 1 rings (SSSR count). The van der Waals surface area contributed by atoms with Gasteiger partial charge in [0.2, 0.25) is 0 Å². The zero-order chi connectivity index (χ0) is 13.1. The first-order valence-electron chi connectivity index (χ1n) is 5.27. The minimum Gasteiger partial charge on any atom is -0.494 e. The average molecular weight is 278 g/mol. The molecule has 2 N–H and O–H groups in total. The first-order chi connectivity index (χ1) is 7.89. The SMILES string of the molecule is COc1c(Cl)cc(CNC(C)(C)CO)cc1Cl. The Kier molecular flexibility index (Phi) is 5.07. The van der Waals surface area contributed by atoms with E-state index in [9.17, 15) is 0 Å². The molecule has 96 valence electrons. The van der Waals surface area contributed by atoms with Crippen LogP contribution in [0, 0.1) is 0 Å². The summed E-state index contributed by atoms with van der Waals surface area (Å²) in [4.78, 5) is 0. The van der Waals surface area contributed by atoms with E-state index in [-0.39, 0.29) is 12.1 Å². The van der Waals surface area contributed by atoms with Crippen LogP contribution in [-0.2, 0) is 6.54 Å². The van der Waals surface area contributed by atoms with Crippen molar-refractivity contribution in [2.24, 2.45) is 0 Å². The molecular formula is C12H17Cl2NO2. The van der Waals surface area contributed by atoms with E-state index in [0.29, 0.717) is 22.3 Å². The number of aliphatic hydroxyl groups excluding tert-OH is 1. The molecule has 3 nitrogen and oxygen atoms in total. The number of aliphatic hydroxyl groups is 1. The summed E-state index contributed by atoms with van der Waals surface area (Å²) < 4.78 is 5.07. The number of ether oxygens (including phenoxy) is 1. The van der Waals surface area contributed by atoms with Gasteiger partial charge in [-0.25, -0.2) is 0 Å². The number of hydrogen-bond donors (Lipinski definition) is 2. The lowest BCUT2D eigenvalue weighted by Gasteiger charge is -2.23. The van der Waals surface area contributed by atoms with Crippen molar-refractivity contribution in [2.75, 3.05) is 13.7 Å². The number of halogens is 2. The molecular weight excluding hydrogens is 261 g/mol. The Morgan fingerprint density at radius 1 is 1.29 bits per heavy atom. The Bertz CT molecular complexity index is 371. The average Bonchev–Trinajstić information content (AvgIpc) is 2.26. The van der Waals surface area contributed by atoms with E-state index in [1.54, 1.807) is 12.1 Å². The molecule has 1 aromatic carbocycles. The van der Waals surface area contributed by atoms with Crippen LogP contribution >= 0.6 is 23.2 Å². The van der Waals surface area contributed by atoms with Crippen LogP contribution in [0.15, 0.2) is 12.1 Å². The second-order valence-corrected chi connectivity index (χ2v) is 5.30. The first kappa shape index (κ1) is 14.6. The molecule has 5 heteroatoms. The zero-order valence-electron chi connectivity index (χ0n) is 10.2. The lowest BCUT2D eigenvalue weighted by atomic mass is 10.1. The number of nitrogens with one attached hydrogen (secondary N) is 1. The second kappa shape index (κ2) is 5.91. The molecule has 0 bridgehead atoms. The molecule has 0 spiro atoms. The van der Waals surface area contributed by atoms with Crippen LogP contribution in [0.4, 0.5) is 0 Å². The molecule has 0 radical (unpaired) electrons. The van der Waals surface area contributed by atoms with Crippen molar-refractivity contribution in [3.8, 4) is 5.75 Å². The van der Waals surface area contributed by atoms with Crippen LogP contribution in [-0.4, -0.2) is 24.4 Å². The minimum absolute atomic E-state index is 0.0601. The maximum atomic E-state index is 9.13. The number of methoxy groups -OCH3 is 1. The third kappa shape index (κ3) is 4.03. The third-order valence-electron chi connectivity index (χ3n) is 2.43. The Labute approximate surface area is 112 Å². The first-order valence-corrected chi connectivity index (χ1v) is 6.03. The lowest BCUT2D eigenvalue weighted by molar-refractivity contribution is 0.187. The monoisotopic (exact) mass is 277 g/mol. The van der Waals surface area contributed by atoms with Crippen molar-refractivity contribution < 1.29 is 9.84 Å². The summed E-state index contributed by atoms with van der Waals surface area (Å²) in [7, 11) is 1.53. The number of hydrogen-bond acceptors (Lipinski definition) is 3. The van der Waals surface area contributed by atoms with Crippen LogP contribution in [0.2, 0.25) is 10.0 Å². The fourth-order valence-electron chi connectivity index (χ4n) is 1.31. The maximum Gasteiger partial charge on any atom is 0.156 e. The van der Waals surface area contributed by atoms with Gasteiger partial charge in [0.05, 0.1) is 23.8 Å². The van der Waals surface area contributed by atoms with E-state index in [0.717, 1.165) is 5.56 Å². The summed E-state index contributed by atoms with van der Waals surface area (Å²) in [6.45, 7) is 4.47. The molecule has 0 saturated carbocycles. The lowest BCUT2D eigenvalue weighted by Crippen LogP contribution is -2.42. The van der Waals surface area contributed by atoms with Crippen molar-refractivity contribution >= 4 is 23.2 Å². The van der Waals surface area contributed by atoms with Gasteiger partial charge in [0.1, 0.15) is 0 Å². The molecule has 0 aliphatic carbocycles. The highest BCUT2D eigenvalue weighted by Gasteiger charge is 2.16. The third-order valence-corrected chi connectivity index (χ3v) is 2.99. The fraction of sp³-hybridized carbons (Fsp3) is 0.500. The van der Waals surface area contributed by atoms with Crippen LogP contribution in [0.3, 0.4) is 0 Å². The van der Waals surface area contributed by atoms with Gasteiger partial charge in [0.15, 0.2) is 5.75 Å². The van der Waals surface area contributed by atoms with Gasteiger partial charge >= 0.3 is 0 Å². The molecule has 1 aromatic rings. The van der Waals surface area contributed by atoms with E-state index >= 15 is 0 Å². The van der Waals surface area contributed by atoms with Crippen LogP contribution < -0.4 is 10.1 Å². The van der Waals surface area contributed by atoms with Crippen LogP contribution in [0.1, 0.15) is 19.4 Å². The van der Waals surface area contributed by atoms with Gasteiger partial charge in [-0.05, 0) is 31.5 Å². The van der Waals surface area contributed by atoms with Gasteiger partial charge in [0, 0.05) is 12.1 Å². The highest BCUT2D eigenvalue weighted by atomic mass is 35.5. The summed E-state index contributed by atoms with van der Waals surface area (Å²) in [6.07, 6.45) is 0. The molecule has 0 saturated heterocycles. The smallest absolute Gasteiger partial charge is 0.156 e. The van der Waals surface area contributed by atoms with Gasteiger partial charge in [-0.2, -0.15) is 0 Å². The fourth-order valence-corrected chi connectivity index (χ4v) is 1.99. The van der Waals surface area contributed by atoms with E-state index in [2.05, 4.69) is 5.32 Å². The second-order valence-electron chi connectivity index (χ2n) is 4.49. The van der Waals surface area contributed by atoms with E-state index in [4.69, 9.17) is 33.0 Å². The van der Waals surface area contributed by atoms with Crippen LogP contribution in [0.5, 0.6) is 5.75 Å². The Morgan fingerprint density at radius 3 is 2.24 bits per heavy atom. The summed E-state index contributed by atoms with van der Waals surface area (Å²) in [6, 6.07) is 3.60. The van der Waals surface area contributed by atoms with Gasteiger partial charge in [-0.15, -0.1) is 0 Å². The largest absolute Gasteiger partial charge is 0.494 e. The predicted molar refractivity (Wildman–Crippen MR) is 71.0 cm³/mol. The molecule has 17 heavy (non-hydrogen) atoms. The molecule has 0 aliphatic heterocycles. The van der Waals surface area contributed by atoms with E-state index in [1.165, 1.54) is 7.11 Å². The summed E-state index contributed by atoms with van der Waals surface area (Å²) in [5.41, 5.74) is 0.612. The molecule has 0 atom stereocenters. The number of rotatable bonds is 5. The minimum atomic E-state index is -0.334. The molecule has 0 amide bonds. The molecule has 0 heterocycles. The van der Waals surface area contributed by atoms with Crippen molar-refractivity contribution in [1.29, 1.82) is 0 Å². The van der Waals surface area contributed by atoms with Gasteiger partial charge in [-0.1, -0.05) is 23.2 Å². The Hall–Kier alpha value is -0.480. The van der Waals surface area contributed by atoms with Crippen molar-refractivity contribution in [3.05, 3.63) is 27.7 Å². The van der Waals surface area contributed by atoms with Gasteiger partial charge < -0.3 is 15.2 Å². The Morgan fingerprint density at radius 2 is 1.82 bits per heavy atom. The normalized spacial score (nSPS) is 11.6. The van der Waals surface area contributed by atoms with Crippen molar-refractivity contribution in [2.45, 2.75) is 25.9 Å². The highest BCUT2D eigenvalue weighted by molar-refractivity contribution is 6.37. The molecule has 0 aliphatic rings. The Balaban J connectivity index is 2.80. The predicted octanol–water partition coefficient (Wildman–Crippen LogP) is 2.86. The van der Waals surface area contributed by atoms with Crippen molar-refractivity contribution in [1.82, 2.24) is 5.32 Å². The standard InChI is InChI=1S/C12H17Cl2NO2/c1-12(2,7-16)15-6-8-4-9(13)11(17-3)10(14)5-8/h4-5,15-16H,6-7H2,1-3H3. The zero-order valence-corrected chi connectivity index (χ0v) is 11.7. The van der Waals surface area contributed by atoms with E-state index in [1.807, 2.05) is 13.8 Å². The molecule has 0 fully saturated rings. The van der Waals surface area contributed by atoms with Crippen molar-refractivity contribution in [3.63, 3.8) is 0 Å². The number of benzene rings is 1. The van der Waals surface area contributed by atoms with Gasteiger partial charge in [0.25, 0.3) is 0 Å². The molecule has 0 aromatic heterocycles.